The molecular weight excluding hydrogens is 322 g/mol. The number of rotatable bonds is 6. The fourth-order valence-corrected chi connectivity index (χ4v) is 2.29. The average Bonchev–Trinajstić information content (AvgIpc) is 3.27. The molecule has 0 saturated heterocycles. The number of ether oxygens (including phenoxy) is 1. The molecule has 1 aliphatic rings. The fraction of sp³-hybridized carbons (Fsp3) is 0.750. The van der Waals surface area contributed by atoms with E-state index in [1.807, 2.05) is 27.8 Å². The molecule has 0 bridgehead atoms. The molecule has 1 fully saturated rings. The summed E-state index contributed by atoms with van der Waals surface area (Å²) in [4.78, 5) is 22.5. The van der Waals surface area contributed by atoms with Crippen LogP contribution in [0.2, 0.25) is 0 Å². The number of hydrogen-bond donors (Lipinski definition) is 2. The number of carbonyl (C=O) groups excluding carboxylic acids is 1. The first-order chi connectivity index (χ1) is 11.8. The highest BCUT2D eigenvalue weighted by atomic mass is 16.6. The summed E-state index contributed by atoms with van der Waals surface area (Å²) < 4.78 is 7.20. The largest absolute Gasteiger partial charge is 0.444 e. The van der Waals surface area contributed by atoms with Gasteiger partial charge in [-0.25, -0.2) is 9.78 Å². The van der Waals surface area contributed by atoms with Crippen molar-refractivity contribution in [2.45, 2.75) is 51.8 Å². The van der Waals surface area contributed by atoms with Crippen LogP contribution >= 0.6 is 0 Å². The zero-order valence-electron chi connectivity index (χ0n) is 15.7. The molecule has 0 aromatic carbocycles. The Bertz CT molecular complexity index is 602. The summed E-state index contributed by atoms with van der Waals surface area (Å²) >= 11 is 0. The third-order valence-corrected chi connectivity index (χ3v) is 3.70. The Kier molecular flexibility index (Phi) is 6.22. The van der Waals surface area contributed by atoms with Crippen molar-refractivity contribution in [2.75, 3.05) is 20.1 Å². The van der Waals surface area contributed by atoms with Gasteiger partial charge in [0.05, 0.1) is 6.54 Å². The van der Waals surface area contributed by atoms with Crippen LogP contribution in [0.25, 0.3) is 0 Å². The first-order valence-electron chi connectivity index (χ1n) is 8.57. The van der Waals surface area contributed by atoms with Gasteiger partial charge in [0, 0.05) is 33.2 Å². The lowest BCUT2D eigenvalue weighted by Gasteiger charge is -2.27. The number of amides is 1. The zero-order chi connectivity index (χ0) is 18.4. The lowest BCUT2D eigenvalue weighted by molar-refractivity contribution is 0.0238. The predicted molar refractivity (Wildman–Crippen MR) is 95.2 cm³/mol. The molecule has 140 valence electrons. The molecule has 1 saturated carbocycles. The van der Waals surface area contributed by atoms with Crippen molar-refractivity contribution in [3.8, 4) is 0 Å². The van der Waals surface area contributed by atoms with Crippen molar-refractivity contribution < 1.29 is 9.53 Å². The Balaban J connectivity index is 1.78. The van der Waals surface area contributed by atoms with Gasteiger partial charge in [0.1, 0.15) is 17.8 Å². The smallest absolute Gasteiger partial charge is 0.410 e. The first kappa shape index (κ1) is 19.0. The van der Waals surface area contributed by atoms with Gasteiger partial charge in [-0.05, 0) is 33.6 Å². The van der Waals surface area contributed by atoms with Crippen LogP contribution in [0.4, 0.5) is 4.79 Å². The minimum Gasteiger partial charge on any atom is -0.444 e. The normalized spacial score (nSPS) is 15.0. The minimum absolute atomic E-state index is 0.251. The third-order valence-electron chi connectivity index (χ3n) is 3.70. The van der Waals surface area contributed by atoms with E-state index in [-0.39, 0.29) is 6.09 Å². The Morgan fingerprint density at radius 3 is 2.68 bits per heavy atom. The van der Waals surface area contributed by atoms with E-state index in [1.165, 1.54) is 6.33 Å². The monoisotopic (exact) mass is 351 g/mol. The molecule has 2 rings (SSSR count). The molecule has 2 N–H and O–H groups in total. The number of hydrogen-bond acceptors (Lipinski definition) is 5. The van der Waals surface area contributed by atoms with E-state index in [2.05, 4.69) is 25.7 Å². The van der Waals surface area contributed by atoms with Gasteiger partial charge in [0.25, 0.3) is 0 Å². The third kappa shape index (κ3) is 6.24. The van der Waals surface area contributed by atoms with Gasteiger partial charge in [0.2, 0.25) is 0 Å². The molecule has 0 atom stereocenters. The summed E-state index contributed by atoms with van der Waals surface area (Å²) in [6.07, 6.45) is 3.34. The van der Waals surface area contributed by atoms with Gasteiger partial charge in [-0.3, -0.25) is 9.67 Å². The number of aliphatic imine (C=N–C) groups is 1. The molecule has 0 radical (unpaired) electrons. The quantitative estimate of drug-likeness (QED) is 0.583. The Labute approximate surface area is 148 Å². The molecule has 1 aromatic rings. The van der Waals surface area contributed by atoms with E-state index < -0.39 is 5.60 Å². The predicted octanol–water partition coefficient (Wildman–Crippen LogP) is 0.880. The summed E-state index contributed by atoms with van der Waals surface area (Å²) in [5.74, 6) is 1.47. The Hall–Kier alpha value is -2.32. The summed E-state index contributed by atoms with van der Waals surface area (Å²) in [6.45, 7) is 7.33. The van der Waals surface area contributed by atoms with E-state index >= 15 is 0 Å². The van der Waals surface area contributed by atoms with Gasteiger partial charge < -0.3 is 20.3 Å². The number of nitrogens with one attached hydrogen (secondary N) is 2. The maximum Gasteiger partial charge on any atom is 0.410 e. The number of carbonyl (C=O) groups is 1. The number of nitrogens with zero attached hydrogens (tertiary/aromatic N) is 5. The standard InChI is InChI=1S/C16H29N7O2/c1-16(2,3)25-15(24)23(12-6-7-12)9-8-18-14(17-4)19-10-13-20-11-21-22(13)5/h11-12H,6-10H2,1-5H3,(H2,17,18,19). The summed E-state index contributed by atoms with van der Waals surface area (Å²) in [5.41, 5.74) is -0.481. The van der Waals surface area contributed by atoms with Crippen LogP contribution in [-0.4, -0.2) is 63.5 Å². The summed E-state index contributed by atoms with van der Waals surface area (Å²) in [7, 11) is 3.55. The number of aryl methyl sites for hydroxylation is 1. The van der Waals surface area contributed by atoms with Crippen molar-refractivity contribution >= 4 is 12.1 Å². The molecular formula is C16H29N7O2. The fourth-order valence-electron chi connectivity index (χ4n) is 2.29. The van der Waals surface area contributed by atoms with Gasteiger partial charge in [-0.15, -0.1) is 0 Å². The average molecular weight is 351 g/mol. The maximum absolute atomic E-state index is 12.3. The van der Waals surface area contributed by atoms with Crippen LogP contribution in [0, 0.1) is 0 Å². The molecule has 0 spiro atoms. The second-order valence-corrected chi connectivity index (χ2v) is 7.06. The van der Waals surface area contributed by atoms with Crippen LogP contribution in [0.15, 0.2) is 11.3 Å². The van der Waals surface area contributed by atoms with Gasteiger partial charge in [-0.2, -0.15) is 5.10 Å². The lowest BCUT2D eigenvalue weighted by Crippen LogP contribution is -2.45. The van der Waals surface area contributed by atoms with Crippen molar-refractivity contribution in [2.24, 2.45) is 12.0 Å². The second-order valence-electron chi connectivity index (χ2n) is 7.06. The van der Waals surface area contributed by atoms with E-state index in [9.17, 15) is 4.79 Å². The highest BCUT2D eigenvalue weighted by molar-refractivity contribution is 5.79. The molecule has 1 aliphatic carbocycles. The topological polar surface area (TPSA) is 96.7 Å². The highest BCUT2D eigenvalue weighted by Gasteiger charge is 2.34. The SMILES string of the molecule is CN=C(NCCN(C(=O)OC(C)(C)C)C1CC1)NCc1ncnn1C. The molecule has 9 heteroatoms. The van der Waals surface area contributed by atoms with Crippen molar-refractivity contribution in [1.82, 2.24) is 30.3 Å². The van der Waals surface area contributed by atoms with E-state index in [0.717, 1.165) is 18.7 Å². The van der Waals surface area contributed by atoms with E-state index in [0.29, 0.717) is 31.6 Å². The molecule has 9 nitrogen and oxygen atoms in total. The zero-order valence-corrected chi connectivity index (χ0v) is 15.7. The molecule has 1 aromatic heterocycles. The molecule has 1 amide bonds. The maximum atomic E-state index is 12.3. The molecule has 25 heavy (non-hydrogen) atoms. The molecule has 0 unspecified atom stereocenters. The van der Waals surface area contributed by atoms with Crippen molar-refractivity contribution in [1.29, 1.82) is 0 Å². The van der Waals surface area contributed by atoms with Crippen molar-refractivity contribution in [3.05, 3.63) is 12.2 Å². The van der Waals surface area contributed by atoms with E-state index in [1.54, 1.807) is 16.6 Å². The Morgan fingerprint density at radius 1 is 1.44 bits per heavy atom. The highest BCUT2D eigenvalue weighted by Crippen LogP contribution is 2.27. The van der Waals surface area contributed by atoms with Crippen LogP contribution < -0.4 is 10.6 Å². The van der Waals surface area contributed by atoms with Crippen LogP contribution in [0.3, 0.4) is 0 Å². The van der Waals surface area contributed by atoms with Crippen LogP contribution in [0.5, 0.6) is 0 Å². The molecule has 0 aliphatic heterocycles. The number of guanidine groups is 1. The van der Waals surface area contributed by atoms with E-state index in [4.69, 9.17) is 4.74 Å². The Morgan fingerprint density at radius 2 is 2.16 bits per heavy atom. The molecule has 1 heterocycles. The lowest BCUT2D eigenvalue weighted by atomic mass is 10.2. The number of aromatic nitrogens is 3. The van der Waals surface area contributed by atoms with Crippen LogP contribution in [-0.2, 0) is 18.3 Å². The van der Waals surface area contributed by atoms with Gasteiger partial charge >= 0.3 is 6.09 Å². The van der Waals surface area contributed by atoms with Crippen molar-refractivity contribution in [3.63, 3.8) is 0 Å². The summed E-state index contributed by atoms with van der Waals surface area (Å²) in [5, 5.41) is 10.4. The first-order valence-corrected chi connectivity index (χ1v) is 8.57. The van der Waals surface area contributed by atoms with Gasteiger partial charge in [0.15, 0.2) is 5.96 Å². The van der Waals surface area contributed by atoms with Crippen LogP contribution in [0.1, 0.15) is 39.4 Å². The second kappa shape index (κ2) is 8.17. The summed E-state index contributed by atoms with van der Waals surface area (Å²) in [6, 6.07) is 0.297. The minimum atomic E-state index is -0.481. The van der Waals surface area contributed by atoms with Gasteiger partial charge in [-0.1, -0.05) is 0 Å².